The van der Waals surface area contributed by atoms with E-state index >= 15 is 0 Å². The molecule has 0 spiro atoms. The zero-order valence-corrected chi connectivity index (χ0v) is 14.9. The van der Waals surface area contributed by atoms with Gasteiger partial charge in [-0.2, -0.15) is 5.10 Å². The van der Waals surface area contributed by atoms with E-state index in [1.54, 1.807) is 6.07 Å². The van der Waals surface area contributed by atoms with Gasteiger partial charge in [0.15, 0.2) is 15.7 Å². The van der Waals surface area contributed by atoms with E-state index in [-0.39, 0.29) is 21.8 Å². The Balaban J connectivity index is 2.12. The van der Waals surface area contributed by atoms with Crippen molar-refractivity contribution in [2.24, 2.45) is 0 Å². The number of hydrogen-bond donors (Lipinski definition) is 5. The molecule has 0 aliphatic rings. The van der Waals surface area contributed by atoms with Crippen LogP contribution in [0.15, 0.2) is 40.2 Å². The average Bonchev–Trinajstić information content (AvgIpc) is 2.98. The summed E-state index contributed by atoms with van der Waals surface area (Å²) in [6.45, 7) is 0.652. The number of fused-ring (bicyclic) bond motifs is 1. The van der Waals surface area contributed by atoms with Crippen molar-refractivity contribution in [1.82, 2.24) is 15.2 Å². The van der Waals surface area contributed by atoms with E-state index in [0.29, 0.717) is 16.6 Å². The van der Waals surface area contributed by atoms with E-state index < -0.39 is 22.0 Å². The molecule has 0 fully saturated rings. The number of aromatic amines is 2. The van der Waals surface area contributed by atoms with Gasteiger partial charge in [-0.15, -0.1) is 0 Å². The van der Waals surface area contributed by atoms with Crippen molar-refractivity contribution < 1.29 is 18.6 Å². The lowest BCUT2D eigenvalue weighted by atomic mass is 9.96. The molecule has 0 aliphatic carbocycles. The number of aromatic nitrogens is 3. The Morgan fingerprint density at radius 2 is 2.04 bits per heavy atom. The number of nitrogens with zero attached hydrogens (tertiary/aromatic N) is 1. The minimum absolute atomic E-state index is 0.0428. The summed E-state index contributed by atoms with van der Waals surface area (Å²) in [6.07, 6.45) is 2.51. The first-order valence-electron chi connectivity index (χ1n) is 7.64. The molecule has 1 aromatic carbocycles. The highest BCUT2D eigenvalue weighted by molar-refractivity contribution is 7.90. The van der Waals surface area contributed by atoms with E-state index in [4.69, 9.17) is 0 Å². The molecule has 3 rings (SSSR count). The van der Waals surface area contributed by atoms with Crippen molar-refractivity contribution in [3.63, 3.8) is 0 Å². The Morgan fingerprint density at radius 3 is 2.69 bits per heavy atom. The van der Waals surface area contributed by atoms with Gasteiger partial charge in [0.25, 0.3) is 5.56 Å². The third-order valence-electron chi connectivity index (χ3n) is 4.02. The molecular weight excluding hydrogens is 360 g/mol. The van der Waals surface area contributed by atoms with Crippen molar-refractivity contribution in [2.45, 2.75) is 17.4 Å². The summed E-state index contributed by atoms with van der Waals surface area (Å²) in [5.41, 5.74) is -1.12. The smallest absolute Gasteiger partial charge is 0.261 e. The predicted molar refractivity (Wildman–Crippen MR) is 96.2 cm³/mol. The lowest BCUT2D eigenvalue weighted by Gasteiger charge is -2.24. The van der Waals surface area contributed by atoms with E-state index in [1.165, 1.54) is 31.3 Å². The number of hydrogen-bond acceptors (Lipinski definition) is 7. The van der Waals surface area contributed by atoms with E-state index in [9.17, 15) is 23.4 Å². The Bertz CT molecular complexity index is 1130. The summed E-state index contributed by atoms with van der Waals surface area (Å²) in [7, 11) is -3.62. The highest BCUT2D eigenvalue weighted by Crippen LogP contribution is 2.31. The van der Waals surface area contributed by atoms with Crippen LogP contribution in [0.25, 0.3) is 10.9 Å². The summed E-state index contributed by atoms with van der Waals surface area (Å²) in [6, 6.07) is 5.88. The van der Waals surface area contributed by atoms with E-state index in [2.05, 4.69) is 20.5 Å². The van der Waals surface area contributed by atoms with Gasteiger partial charge < -0.3 is 20.5 Å². The van der Waals surface area contributed by atoms with Crippen LogP contribution in [-0.2, 0) is 15.4 Å². The maximum absolute atomic E-state index is 12.0. The van der Waals surface area contributed by atoms with E-state index in [0.717, 1.165) is 6.26 Å². The molecule has 0 saturated heterocycles. The first-order chi connectivity index (χ1) is 12.1. The number of sulfone groups is 1. The molecule has 10 heteroatoms. The van der Waals surface area contributed by atoms with Crippen LogP contribution in [0.1, 0.15) is 12.5 Å². The van der Waals surface area contributed by atoms with Crippen LogP contribution in [0.4, 0.5) is 11.5 Å². The molecule has 0 aliphatic heterocycles. The summed E-state index contributed by atoms with van der Waals surface area (Å²) in [4.78, 5) is 14.5. The van der Waals surface area contributed by atoms with E-state index in [1.807, 2.05) is 0 Å². The van der Waals surface area contributed by atoms with Crippen LogP contribution in [0, 0.1) is 0 Å². The summed E-state index contributed by atoms with van der Waals surface area (Å²) >= 11 is 0. The minimum Gasteiger partial charge on any atom is -0.393 e. The normalized spacial score (nSPS) is 14.3. The zero-order chi connectivity index (χ0) is 19.1. The summed E-state index contributed by atoms with van der Waals surface area (Å²) < 4.78 is 24.0. The Morgan fingerprint density at radius 1 is 1.31 bits per heavy atom. The number of pyridine rings is 1. The lowest BCUT2D eigenvalue weighted by molar-refractivity contribution is -0.00451. The fourth-order valence-electron chi connectivity index (χ4n) is 2.64. The van der Waals surface area contributed by atoms with Crippen molar-refractivity contribution in [3.8, 4) is 0 Å². The van der Waals surface area contributed by atoms with Crippen LogP contribution in [0.5, 0.6) is 0 Å². The number of benzene rings is 1. The van der Waals surface area contributed by atoms with Crippen LogP contribution in [-0.4, -0.2) is 46.7 Å². The zero-order valence-electron chi connectivity index (χ0n) is 14.1. The third kappa shape index (κ3) is 3.21. The number of aliphatic hydroxyl groups is 2. The Hall–Kier alpha value is -2.69. The average molecular weight is 378 g/mol. The molecule has 138 valence electrons. The van der Waals surface area contributed by atoms with Gasteiger partial charge in [0, 0.05) is 23.7 Å². The predicted octanol–water partition coefficient (Wildman–Crippen LogP) is 0.598. The summed E-state index contributed by atoms with van der Waals surface area (Å²) in [5, 5.41) is 29.8. The second-order valence-corrected chi connectivity index (χ2v) is 8.19. The molecule has 2 heterocycles. The third-order valence-corrected chi connectivity index (χ3v) is 5.17. The van der Waals surface area contributed by atoms with Gasteiger partial charge in [0.2, 0.25) is 0 Å². The highest BCUT2D eigenvalue weighted by Gasteiger charge is 2.29. The van der Waals surface area contributed by atoms with Gasteiger partial charge in [0.1, 0.15) is 11.0 Å². The number of nitrogens with one attached hydrogen (secondary N) is 3. The van der Waals surface area contributed by atoms with Gasteiger partial charge in [0.05, 0.1) is 17.0 Å². The molecule has 3 aromatic rings. The molecule has 2 aromatic heterocycles. The maximum Gasteiger partial charge on any atom is 0.261 e. The molecule has 1 atom stereocenters. The van der Waals surface area contributed by atoms with Gasteiger partial charge in [-0.25, -0.2) is 8.42 Å². The van der Waals surface area contributed by atoms with Crippen LogP contribution >= 0.6 is 0 Å². The van der Waals surface area contributed by atoms with Crippen molar-refractivity contribution in [3.05, 3.63) is 46.4 Å². The molecule has 0 amide bonds. The number of H-pyrrole nitrogens is 2. The highest BCUT2D eigenvalue weighted by atomic mass is 32.2. The topological polar surface area (TPSA) is 148 Å². The largest absolute Gasteiger partial charge is 0.393 e. The first-order valence-corrected chi connectivity index (χ1v) is 9.53. The second-order valence-electron chi connectivity index (χ2n) is 6.21. The fraction of sp³-hybridized carbons (Fsp3) is 0.250. The van der Waals surface area contributed by atoms with Crippen molar-refractivity contribution in [1.29, 1.82) is 0 Å². The van der Waals surface area contributed by atoms with Gasteiger partial charge in [-0.1, -0.05) is 0 Å². The molecular formula is C16H18N4O5S. The van der Waals surface area contributed by atoms with Crippen LogP contribution in [0.3, 0.4) is 0 Å². The second kappa shape index (κ2) is 6.24. The molecule has 9 nitrogen and oxygen atoms in total. The SMILES string of the molecule is CC(O)(CO)c1cc(Nc2n[nH]c3cc[nH]c(=O)c23)ccc1S(C)(=O)=O. The Kier molecular flexibility index (Phi) is 4.34. The molecule has 0 saturated carbocycles. The number of rotatable bonds is 5. The molecule has 26 heavy (non-hydrogen) atoms. The fourth-order valence-corrected chi connectivity index (χ4v) is 3.64. The summed E-state index contributed by atoms with van der Waals surface area (Å²) in [5.74, 6) is 0.253. The molecule has 0 bridgehead atoms. The maximum atomic E-state index is 12.0. The minimum atomic E-state index is -3.62. The lowest BCUT2D eigenvalue weighted by Crippen LogP contribution is -2.28. The first kappa shape index (κ1) is 18.1. The molecule has 1 unspecified atom stereocenters. The Labute approximate surface area is 148 Å². The quantitative estimate of drug-likeness (QED) is 0.436. The van der Waals surface area contributed by atoms with Crippen LogP contribution < -0.4 is 10.9 Å². The molecule has 5 N–H and O–H groups in total. The molecule has 0 radical (unpaired) electrons. The van der Waals surface area contributed by atoms with Gasteiger partial charge in [-0.3, -0.25) is 9.89 Å². The number of aliphatic hydroxyl groups excluding tert-OH is 1. The van der Waals surface area contributed by atoms with Gasteiger partial charge in [-0.05, 0) is 31.2 Å². The monoisotopic (exact) mass is 378 g/mol. The van der Waals surface area contributed by atoms with Crippen LogP contribution in [0.2, 0.25) is 0 Å². The standard InChI is InChI=1S/C16H18N4O5S/c1-16(23,8-21)10-7-9(3-4-12(10)26(2,24)25)18-14-13-11(19-20-14)5-6-17-15(13)22/h3-7,21,23H,8H2,1-2H3,(H,17,22)(H2,18,19,20). The van der Waals surface area contributed by atoms with Gasteiger partial charge >= 0.3 is 0 Å². The van der Waals surface area contributed by atoms with Crippen molar-refractivity contribution in [2.75, 3.05) is 18.2 Å². The van der Waals surface area contributed by atoms with Crippen molar-refractivity contribution >= 4 is 32.2 Å². The number of anilines is 2.